The second kappa shape index (κ2) is 5.43. The second-order valence-electron chi connectivity index (χ2n) is 6.10. The second-order valence-corrected chi connectivity index (χ2v) is 6.53. The van der Waals surface area contributed by atoms with Crippen LogP contribution in [0.3, 0.4) is 0 Å². The Bertz CT molecular complexity index is 625. The van der Waals surface area contributed by atoms with Crippen molar-refractivity contribution >= 4 is 11.6 Å². The minimum absolute atomic E-state index is 0.622. The van der Waals surface area contributed by atoms with Crippen LogP contribution in [0.5, 0.6) is 0 Å². The lowest BCUT2D eigenvalue weighted by Crippen LogP contribution is -2.33. The third-order valence-electron chi connectivity index (χ3n) is 4.67. The maximum absolute atomic E-state index is 5.88. The number of nitrogens with one attached hydrogen (secondary N) is 1. The fraction of sp³-hybridized carbons (Fsp3) is 0.500. The molecule has 1 heterocycles. The summed E-state index contributed by atoms with van der Waals surface area (Å²) in [6, 6.07) is 8.11. The maximum Gasteiger partial charge on any atom is 0.240 e. The van der Waals surface area contributed by atoms with E-state index in [2.05, 4.69) is 15.5 Å². The summed E-state index contributed by atoms with van der Waals surface area (Å²) in [5.41, 5.74) is 0.925. The number of rotatable bonds is 4. The Labute approximate surface area is 128 Å². The monoisotopic (exact) mass is 303 g/mol. The smallest absolute Gasteiger partial charge is 0.240 e. The van der Waals surface area contributed by atoms with Gasteiger partial charge in [0.2, 0.25) is 11.7 Å². The molecule has 2 fully saturated rings. The molecule has 4 nitrogen and oxygen atoms in total. The van der Waals surface area contributed by atoms with Gasteiger partial charge in [0.25, 0.3) is 0 Å². The Morgan fingerprint density at radius 2 is 2.10 bits per heavy atom. The van der Waals surface area contributed by atoms with E-state index in [4.69, 9.17) is 16.1 Å². The molecular weight excluding hydrogens is 286 g/mol. The van der Waals surface area contributed by atoms with Gasteiger partial charge >= 0.3 is 0 Å². The van der Waals surface area contributed by atoms with Gasteiger partial charge in [0.05, 0.1) is 6.54 Å². The van der Waals surface area contributed by atoms with Crippen LogP contribution in [0.1, 0.15) is 31.6 Å². The molecule has 0 amide bonds. The van der Waals surface area contributed by atoms with Crippen LogP contribution >= 0.6 is 11.6 Å². The molecule has 4 rings (SSSR count). The van der Waals surface area contributed by atoms with E-state index in [9.17, 15) is 0 Å². The first kappa shape index (κ1) is 13.3. The van der Waals surface area contributed by atoms with E-state index in [0.29, 0.717) is 29.3 Å². The molecule has 2 aliphatic carbocycles. The minimum atomic E-state index is 0.622. The molecule has 3 atom stereocenters. The van der Waals surface area contributed by atoms with Gasteiger partial charge in [-0.25, -0.2) is 0 Å². The van der Waals surface area contributed by atoms with Crippen molar-refractivity contribution in [3.05, 3.63) is 35.2 Å². The molecule has 3 unspecified atom stereocenters. The van der Waals surface area contributed by atoms with Crippen molar-refractivity contribution < 1.29 is 4.52 Å². The highest BCUT2D eigenvalue weighted by molar-refractivity contribution is 6.30. The summed E-state index contributed by atoms with van der Waals surface area (Å²) in [4.78, 5) is 4.45. The molecule has 21 heavy (non-hydrogen) atoms. The summed E-state index contributed by atoms with van der Waals surface area (Å²) < 4.78 is 5.33. The summed E-state index contributed by atoms with van der Waals surface area (Å²) in [5, 5.41) is 8.33. The molecule has 2 aromatic rings. The topological polar surface area (TPSA) is 51.0 Å². The van der Waals surface area contributed by atoms with Crippen molar-refractivity contribution in [3.8, 4) is 11.4 Å². The van der Waals surface area contributed by atoms with Gasteiger partial charge in [0.15, 0.2) is 0 Å². The lowest BCUT2D eigenvalue weighted by atomic mass is 9.95. The van der Waals surface area contributed by atoms with Crippen LogP contribution < -0.4 is 5.32 Å². The first-order valence-corrected chi connectivity index (χ1v) is 7.99. The summed E-state index contributed by atoms with van der Waals surface area (Å²) in [7, 11) is 0. The van der Waals surface area contributed by atoms with Crippen LogP contribution in [-0.4, -0.2) is 16.2 Å². The number of fused-ring (bicyclic) bond motifs is 1. The number of halogens is 1. The first-order valence-electron chi connectivity index (χ1n) is 7.61. The van der Waals surface area contributed by atoms with E-state index >= 15 is 0 Å². The highest BCUT2D eigenvalue weighted by Crippen LogP contribution is 2.49. The van der Waals surface area contributed by atoms with E-state index < -0.39 is 0 Å². The Morgan fingerprint density at radius 1 is 1.24 bits per heavy atom. The fourth-order valence-electron chi connectivity index (χ4n) is 3.42. The van der Waals surface area contributed by atoms with Gasteiger partial charge < -0.3 is 9.84 Å². The van der Waals surface area contributed by atoms with E-state index in [-0.39, 0.29) is 0 Å². The largest absolute Gasteiger partial charge is 0.338 e. The first-order chi connectivity index (χ1) is 10.3. The van der Waals surface area contributed by atoms with E-state index in [1.54, 1.807) is 0 Å². The van der Waals surface area contributed by atoms with Crippen LogP contribution in [0.4, 0.5) is 0 Å². The van der Waals surface area contributed by atoms with Crippen molar-refractivity contribution in [2.75, 3.05) is 0 Å². The normalized spacial score (nSPS) is 27.4. The zero-order valence-electron chi connectivity index (χ0n) is 11.8. The summed E-state index contributed by atoms with van der Waals surface area (Å²) >= 11 is 5.88. The molecule has 2 aliphatic rings. The molecular formula is C16H18ClN3O. The van der Waals surface area contributed by atoms with Gasteiger partial charge in [-0.05, 0) is 48.9 Å². The van der Waals surface area contributed by atoms with Crippen molar-refractivity contribution in [3.63, 3.8) is 0 Å². The number of aromatic nitrogens is 2. The van der Waals surface area contributed by atoms with E-state index in [1.165, 1.54) is 25.7 Å². The molecule has 1 N–H and O–H groups in total. The number of benzene rings is 1. The van der Waals surface area contributed by atoms with Gasteiger partial charge in [0.1, 0.15) is 0 Å². The highest BCUT2D eigenvalue weighted by Gasteiger charge is 2.44. The van der Waals surface area contributed by atoms with E-state index in [1.807, 2.05) is 24.3 Å². The number of nitrogens with zero attached hydrogens (tertiary/aromatic N) is 2. The number of hydrogen-bond donors (Lipinski definition) is 1. The van der Waals surface area contributed by atoms with Crippen LogP contribution in [0, 0.1) is 11.8 Å². The molecule has 2 saturated carbocycles. The third kappa shape index (κ3) is 2.83. The molecule has 0 radical (unpaired) electrons. The lowest BCUT2D eigenvalue weighted by Gasteiger charge is -2.21. The third-order valence-corrected chi connectivity index (χ3v) is 4.92. The summed E-state index contributed by atoms with van der Waals surface area (Å²) in [6.07, 6.45) is 5.44. The zero-order valence-corrected chi connectivity index (χ0v) is 12.5. The van der Waals surface area contributed by atoms with Crippen LogP contribution in [0.25, 0.3) is 11.4 Å². The zero-order chi connectivity index (χ0) is 14.2. The lowest BCUT2D eigenvalue weighted by molar-refractivity contribution is 0.316. The Morgan fingerprint density at radius 3 is 2.95 bits per heavy atom. The average molecular weight is 304 g/mol. The summed E-state index contributed by atoms with van der Waals surface area (Å²) in [6.45, 7) is 0.661. The summed E-state index contributed by atoms with van der Waals surface area (Å²) in [5.74, 6) is 3.14. The SMILES string of the molecule is Clc1ccc(-c2noc(CNC3CCCC4CC43)n2)cc1. The van der Waals surface area contributed by atoms with Crippen LogP contribution in [0.15, 0.2) is 28.8 Å². The standard InChI is InChI=1S/C16H18ClN3O/c17-12-6-4-10(5-7-12)16-19-15(21-20-16)9-18-14-3-1-2-11-8-13(11)14/h4-7,11,13-14,18H,1-3,8-9H2. The van der Waals surface area contributed by atoms with Gasteiger partial charge in [-0.2, -0.15) is 4.98 Å². The predicted octanol–water partition coefficient (Wildman–Crippen LogP) is 3.67. The quantitative estimate of drug-likeness (QED) is 0.936. The van der Waals surface area contributed by atoms with Crippen LogP contribution in [-0.2, 0) is 6.54 Å². The Kier molecular flexibility index (Phi) is 3.43. The van der Waals surface area contributed by atoms with Gasteiger partial charge in [0, 0.05) is 16.6 Å². The van der Waals surface area contributed by atoms with Crippen molar-refractivity contribution in [2.24, 2.45) is 11.8 Å². The van der Waals surface area contributed by atoms with Crippen molar-refractivity contribution in [1.29, 1.82) is 0 Å². The minimum Gasteiger partial charge on any atom is -0.338 e. The molecule has 110 valence electrons. The molecule has 5 heteroatoms. The maximum atomic E-state index is 5.88. The molecule has 1 aromatic carbocycles. The average Bonchev–Trinajstić information content (AvgIpc) is 3.16. The van der Waals surface area contributed by atoms with Crippen LogP contribution in [0.2, 0.25) is 5.02 Å². The number of hydrogen-bond acceptors (Lipinski definition) is 4. The molecule has 0 saturated heterocycles. The molecule has 0 bridgehead atoms. The molecule has 0 spiro atoms. The Balaban J connectivity index is 1.39. The highest BCUT2D eigenvalue weighted by atomic mass is 35.5. The van der Waals surface area contributed by atoms with Gasteiger partial charge in [-0.15, -0.1) is 0 Å². The van der Waals surface area contributed by atoms with E-state index in [0.717, 1.165) is 17.4 Å². The molecule has 0 aliphatic heterocycles. The van der Waals surface area contributed by atoms with Gasteiger partial charge in [-0.1, -0.05) is 29.6 Å². The van der Waals surface area contributed by atoms with Crippen molar-refractivity contribution in [2.45, 2.75) is 38.3 Å². The molecule has 1 aromatic heterocycles. The van der Waals surface area contributed by atoms with Gasteiger partial charge in [-0.3, -0.25) is 0 Å². The predicted molar refractivity (Wildman–Crippen MR) is 80.8 cm³/mol. The van der Waals surface area contributed by atoms with Crippen molar-refractivity contribution in [1.82, 2.24) is 15.5 Å². The Hall–Kier alpha value is -1.39. The fourth-order valence-corrected chi connectivity index (χ4v) is 3.55.